The second-order valence-electron chi connectivity index (χ2n) is 10.2. The molecule has 0 heterocycles. The topological polar surface area (TPSA) is 27.7 Å². The predicted molar refractivity (Wildman–Crippen MR) is 119 cm³/mol. The second-order valence-corrected chi connectivity index (χ2v) is 27.8. The van der Waals surface area contributed by atoms with Crippen molar-refractivity contribution in [3.8, 4) is 0 Å². The minimum atomic E-state index is -7.91. The van der Waals surface area contributed by atoms with Crippen molar-refractivity contribution >= 4 is 44.1 Å². The zero-order valence-corrected chi connectivity index (χ0v) is 25.7. The largest absolute Gasteiger partial charge is 0.460 e. The third-order valence-corrected chi connectivity index (χ3v) is 18.7. The van der Waals surface area contributed by atoms with Gasteiger partial charge in [-0.3, -0.25) is 0 Å². The zero-order chi connectivity index (χ0) is 30.5. The first-order valence-electron chi connectivity index (χ1n) is 10.3. The average molecular weight is 663 g/mol. The number of halogens is 14. The number of hydrogen-bond acceptors (Lipinski definition) is 3. The van der Waals surface area contributed by atoms with Crippen molar-refractivity contribution in [3.05, 3.63) is 0 Å². The standard InChI is InChI=1S/C16H28ClF13O3Si4/c1-34(2,31-36(5,6)33-37(7,8)32-35(3,4)17)10-9-11(18,19)12(20,21)13(22,23)14(24,25)15(26,27)16(28,29)30/h9-10H2,1-8H3. The molecule has 0 aliphatic rings. The van der Waals surface area contributed by atoms with Crippen LogP contribution in [0.25, 0.3) is 0 Å². The highest BCUT2D eigenvalue weighted by Crippen LogP contribution is 2.61. The molecule has 0 atom stereocenters. The maximum atomic E-state index is 14.2. The Bertz CT molecular complexity index is 800. The summed E-state index contributed by atoms with van der Waals surface area (Å²) >= 11 is 6.12. The van der Waals surface area contributed by atoms with Gasteiger partial charge in [0.15, 0.2) is 8.32 Å². The highest BCUT2D eigenvalue weighted by atomic mass is 35.6. The fourth-order valence-electron chi connectivity index (χ4n) is 3.35. The molecule has 0 amide bonds. The van der Waals surface area contributed by atoms with Gasteiger partial charge in [-0.1, -0.05) is 0 Å². The lowest BCUT2D eigenvalue weighted by atomic mass is 9.93. The van der Waals surface area contributed by atoms with E-state index in [0.29, 0.717) is 0 Å². The monoisotopic (exact) mass is 662 g/mol. The Morgan fingerprint density at radius 3 is 1.22 bits per heavy atom. The smallest absolute Gasteiger partial charge is 0.436 e. The summed E-state index contributed by atoms with van der Waals surface area (Å²) in [5.41, 5.74) is 0. The highest BCUT2D eigenvalue weighted by Gasteiger charge is 2.90. The van der Waals surface area contributed by atoms with Gasteiger partial charge in [0, 0.05) is 6.42 Å². The SMILES string of the molecule is C[Si](C)(Cl)O[Si](C)(C)O[Si](C)(C)O[Si](C)(C)CCC(F)(F)C(F)(F)C(F)(F)C(F)(F)C(F)(F)C(F)(F)F. The van der Waals surface area contributed by atoms with Crippen molar-refractivity contribution in [3.63, 3.8) is 0 Å². The van der Waals surface area contributed by atoms with E-state index in [0.717, 1.165) is 0 Å². The highest BCUT2D eigenvalue weighted by molar-refractivity contribution is 7.17. The average Bonchev–Trinajstić information content (AvgIpc) is 2.54. The molecule has 0 aliphatic heterocycles. The van der Waals surface area contributed by atoms with Crippen molar-refractivity contribution in [2.45, 2.75) is 101 Å². The van der Waals surface area contributed by atoms with Crippen LogP contribution in [0.3, 0.4) is 0 Å². The van der Waals surface area contributed by atoms with E-state index >= 15 is 0 Å². The molecule has 0 spiro atoms. The van der Waals surface area contributed by atoms with Gasteiger partial charge in [-0.25, -0.2) is 0 Å². The molecule has 0 saturated carbocycles. The summed E-state index contributed by atoms with van der Waals surface area (Å²) in [6.45, 7) is 11.7. The number of hydrogen-bond donors (Lipinski definition) is 0. The van der Waals surface area contributed by atoms with Crippen LogP contribution in [0.4, 0.5) is 57.1 Å². The van der Waals surface area contributed by atoms with E-state index in [1.165, 1.54) is 26.2 Å². The Balaban J connectivity index is 5.85. The molecule has 224 valence electrons. The Morgan fingerprint density at radius 1 is 0.514 bits per heavy atom. The van der Waals surface area contributed by atoms with Crippen LogP contribution in [0.15, 0.2) is 0 Å². The van der Waals surface area contributed by atoms with Gasteiger partial charge in [-0.05, 0) is 58.4 Å². The van der Waals surface area contributed by atoms with E-state index in [9.17, 15) is 57.1 Å². The van der Waals surface area contributed by atoms with Crippen LogP contribution in [0.1, 0.15) is 6.42 Å². The van der Waals surface area contributed by atoms with E-state index < -0.39 is 81.3 Å². The molecule has 0 aromatic rings. The third kappa shape index (κ3) is 8.56. The minimum Gasteiger partial charge on any atom is -0.436 e. The van der Waals surface area contributed by atoms with Crippen LogP contribution in [0, 0.1) is 0 Å². The lowest BCUT2D eigenvalue weighted by Crippen LogP contribution is -2.70. The first-order chi connectivity index (χ1) is 15.6. The van der Waals surface area contributed by atoms with Gasteiger partial charge >= 0.3 is 52.9 Å². The quantitative estimate of drug-likeness (QED) is 0.112. The zero-order valence-electron chi connectivity index (χ0n) is 20.9. The van der Waals surface area contributed by atoms with Crippen LogP contribution in [-0.4, -0.2) is 68.9 Å². The first-order valence-corrected chi connectivity index (χ1v) is 23.0. The van der Waals surface area contributed by atoms with E-state index in [4.69, 9.17) is 23.4 Å². The van der Waals surface area contributed by atoms with Gasteiger partial charge in [-0.2, -0.15) is 57.1 Å². The molecule has 0 rings (SSSR count). The van der Waals surface area contributed by atoms with E-state index in [1.807, 2.05) is 0 Å². The minimum absolute atomic E-state index is 1.11. The molecule has 0 aromatic carbocycles. The molecule has 0 bridgehead atoms. The van der Waals surface area contributed by atoms with Gasteiger partial charge in [0.1, 0.15) is 0 Å². The van der Waals surface area contributed by atoms with E-state index in [1.54, 1.807) is 26.2 Å². The molecule has 21 heteroatoms. The van der Waals surface area contributed by atoms with Crippen LogP contribution in [0.5, 0.6) is 0 Å². The number of alkyl halides is 13. The summed E-state index contributed by atoms with van der Waals surface area (Å²) in [5.74, 6) is -36.9. The third-order valence-electron chi connectivity index (χ3n) is 4.54. The number of rotatable bonds is 13. The molecule has 3 nitrogen and oxygen atoms in total. The molecule has 37 heavy (non-hydrogen) atoms. The molecule has 0 aliphatic carbocycles. The molecular formula is C16H28ClF13O3Si4. The normalized spacial score (nSPS) is 16.4. The maximum Gasteiger partial charge on any atom is 0.460 e. The lowest BCUT2D eigenvalue weighted by molar-refractivity contribution is -0.439. The van der Waals surface area contributed by atoms with Crippen molar-refractivity contribution in [2.24, 2.45) is 0 Å². The molecule has 0 N–H and O–H groups in total. The summed E-state index contributed by atoms with van der Waals surface area (Å²) in [5, 5.41) is 0. The Labute approximate surface area is 214 Å². The van der Waals surface area contributed by atoms with E-state index in [-0.39, 0.29) is 0 Å². The van der Waals surface area contributed by atoms with Crippen molar-refractivity contribution in [1.82, 2.24) is 0 Å². The molecular weight excluding hydrogens is 635 g/mol. The van der Waals surface area contributed by atoms with E-state index in [2.05, 4.69) is 0 Å². The summed E-state index contributed by atoms with van der Waals surface area (Å²) in [6.07, 6.45) is -9.72. The molecule has 0 unspecified atom stereocenters. The molecule has 0 saturated heterocycles. The van der Waals surface area contributed by atoms with Crippen LogP contribution in [0.2, 0.25) is 58.4 Å². The second kappa shape index (κ2) is 10.5. The molecule has 0 aromatic heterocycles. The molecule has 0 radical (unpaired) electrons. The summed E-state index contributed by atoms with van der Waals surface area (Å²) in [6, 6.07) is -1.11. The Kier molecular flexibility index (Phi) is 10.5. The van der Waals surface area contributed by atoms with Crippen molar-refractivity contribution in [2.75, 3.05) is 0 Å². The summed E-state index contributed by atoms with van der Waals surface area (Å²) < 4.78 is 190. The van der Waals surface area contributed by atoms with Gasteiger partial charge in [-0.15, -0.1) is 11.1 Å². The van der Waals surface area contributed by atoms with Gasteiger partial charge in [0.2, 0.25) is 0 Å². The maximum absolute atomic E-state index is 14.2. The van der Waals surface area contributed by atoms with Crippen LogP contribution in [-0.2, 0) is 12.3 Å². The van der Waals surface area contributed by atoms with Gasteiger partial charge < -0.3 is 12.3 Å². The van der Waals surface area contributed by atoms with Gasteiger partial charge in [0.25, 0.3) is 7.63 Å². The Hall–Kier alpha value is 0.128. The predicted octanol–water partition coefficient (Wildman–Crippen LogP) is 8.71. The fourth-order valence-corrected chi connectivity index (χ4v) is 22.2. The molecule has 0 fully saturated rings. The van der Waals surface area contributed by atoms with Gasteiger partial charge in [0.05, 0.1) is 0 Å². The van der Waals surface area contributed by atoms with Crippen molar-refractivity contribution in [1.29, 1.82) is 0 Å². The lowest BCUT2D eigenvalue weighted by Gasteiger charge is -2.41. The summed E-state index contributed by atoms with van der Waals surface area (Å²) in [4.78, 5) is 0. The Morgan fingerprint density at radius 2 is 0.865 bits per heavy atom. The van der Waals surface area contributed by atoms with Crippen LogP contribution < -0.4 is 0 Å². The fraction of sp³-hybridized carbons (Fsp3) is 1.00. The van der Waals surface area contributed by atoms with Crippen LogP contribution >= 0.6 is 11.1 Å². The summed E-state index contributed by atoms with van der Waals surface area (Å²) in [7, 11) is -12.4. The first kappa shape index (κ1) is 37.1. The van der Waals surface area contributed by atoms with Crippen molar-refractivity contribution < 1.29 is 69.4 Å².